The monoisotopic (exact) mass is 184 g/mol. The van der Waals surface area contributed by atoms with Gasteiger partial charge < -0.3 is 5.32 Å². The summed E-state index contributed by atoms with van der Waals surface area (Å²) in [4.78, 5) is 4.46. The van der Waals surface area contributed by atoms with E-state index in [1.54, 1.807) is 11.3 Å². The highest BCUT2D eigenvalue weighted by atomic mass is 32.1. The van der Waals surface area contributed by atoms with Crippen LogP contribution in [0.2, 0.25) is 0 Å². The molecule has 0 bridgehead atoms. The second kappa shape index (κ2) is 3.54. The highest BCUT2D eigenvalue weighted by Crippen LogP contribution is 2.21. The number of aromatic nitrogens is 1. The third kappa shape index (κ3) is 2.05. The topological polar surface area (TPSA) is 24.9 Å². The van der Waals surface area contributed by atoms with Crippen molar-refractivity contribution in [2.24, 2.45) is 0 Å². The van der Waals surface area contributed by atoms with Gasteiger partial charge in [0.05, 0.1) is 16.2 Å². The molecule has 1 N–H and O–H groups in total. The maximum Gasteiger partial charge on any atom is 0.0898 e. The Kier molecular flexibility index (Phi) is 2.85. The van der Waals surface area contributed by atoms with Gasteiger partial charge in [0.2, 0.25) is 0 Å². The zero-order valence-electron chi connectivity index (χ0n) is 8.14. The number of aryl methyl sites for hydroxylation is 1. The van der Waals surface area contributed by atoms with E-state index in [-0.39, 0.29) is 5.54 Å². The summed E-state index contributed by atoms with van der Waals surface area (Å²) in [5.74, 6) is 0. The van der Waals surface area contributed by atoms with E-state index in [2.05, 4.69) is 36.5 Å². The first-order valence-corrected chi connectivity index (χ1v) is 5.12. The average Bonchev–Trinajstić information content (AvgIpc) is 2.36. The van der Waals surface area contributed by atoms with Gasteiger partial charge in [0.15, 0.2) is 0 Å². The van der Waals surface area contributed by atoms with E-state index in [9.17, 15) is 0 Å². The molecule has 0 saturated heterocycles. The summed E-state index contributed by atoms with van der Waals surface area (Å²) in [6.45, 7) is 9.44. The molecule has 68 valence electrons. The Morgan fingerprint density at radius 1 is 1.58 bits per heavy atom. The zero-order valence-corrected chi connectivity index (χ0v) is 8.96. The van der Waals surface area contributed by atoms with Crippen LogP contribution in [0.1, 0.15) is 31.5 Å². The van der Waals surface area contributed by atoms with E-state index in [4.69, 9.17) is 0 Å². The van der Waals surface area contributed by atoms with Crippen LogP contribution in [0.25, 0.3) is 0 Å². The van der Waals surface area contributed by atoms with Gasteiger partial charge in [-0.2, -0.15) is 0 Å². The fourth-order valence-corrected chi connectivity index (χ4v) is 1.96. The fraction of sp³-hybridized carbons (Fsp3) is 0.667. The predicted molar refractivity (Wildman–Crippen MR) is 53.6 cm³/mol. The lowest BCUT2D eigenvalue weighted by atomic mass is 10.0. The van der Waals surface area contributed by atoms with E-state index in [0.717, 1.165) is 17.2 Å². The van der Waals surface area contributed by atoms with Crippen molar-refractivity contribution >= 4 is 11.3 Å². The maximum absolute atomic E-state index is 4.46. The lowest BCUT2D eigenvalue weighted by Crippen LogP contribution is -2.36. The van der Waals surface area contributed by atoms with Crippen LogP contribution < -0.4 is 5.32 Å². The van der Waals surface area contributed by atoms with Gasteiger partial charge in [-0.15, -0.1) is 11.3 Å². The van der Waals surface area contributed by atoms with Crippen LogP contribution in [0.5, 0.6) is 0 Å². The van der Waals surface area contributed by atoms with Gasteiger partial charge in [-0.1, -0.05) is 6.92 Å². The Morgan fingerprint density at radius 2 is 2.25 bits per heavy atom. The molecule has 12 heavy (non-hydrogen) atoms. The summed E-state index contributed by atoms with van der Waals surface area (Å²) in [6, 6.07) is 0. The van der Waals surface area contributed by atoms with Crippen LogP contribution in [0.15, 0.2) is 5.38 Å². The van der Waals surface area contributed by atoms with Gasteiger partial charge in [-0.05, 0) is 27.3 Å². The Morgan fingerprint density at radius 3 is 2.67 bits per heavy atom. The molecule has 1 heterocycles. The maximum atomic E-state index is 4.46. The van der Waals surface area contributed by atoms with Crippen LogP contribution in [0, 0.1) is 6.92 Å². The number of nitrogens with one attached hydrogen (secondary N) is 1. The first-order chi connectivity index (χ1) is 5.56. The number of hydrogen-bond acceptors (Lipinski definition) is 3. The van der Waals surface area contributed by atoms with E-state index in [1.165, 1.54) is 0 Å². The normalized spacial score (nSPS) is 12.0. The molecule has 3 heteroatoms. The van der Waals surface area contributed by atoms with Gasteiger partial charge in [0, 0.05) is 5.38 Å². The Hall–Kier alpha value is -0.410. The second-order valence-electron chi connectivity index (χ2n) is 3.41. The first kappa shape index (κ1) is 9.68. The van der Waals surface area contributed by atoms with E-state index >= 15 is 0 Å². The van der Waals surface area contributed by atoms with E-state index < -0.39 is 0 Å². The smallest absolute Gasteiger partial charge is 0.0898 e. The molecule has 0 unspecified atom stereocenters. The number of thiazole rings is 1. The van der Waals surface area contributed by atoms with Gasteiger partial charge in [0.25, 0.3) is 0 Å². The summed E-state index contributed by atoms with van der Waals surface area (Å²) in [6.07, 6.45) is 0. The molecule has 0 spiro atoms. The zero-order chi connectivity index (χ0) is 9.19. The van der Waals surface area contributed by atoms with Crippen molar-refractivity contribution in [3.63, 3.8) is 0 Å². The quantitative estimate of drug-likeness (QED) is 0.779. The summed E-state index contributed by atoms with van der Waals surface area (Å²) in [7, 11) is 0. The Balaban J connectivity index is 2.81. The standard InChI is InChI=1S/C9H16N2S/c1-5-10-9(3,4)8-6-12-7(2)11-8/h6,10H,5H2,1-4H3. The Bertz CT molecular complexity index is 253. The van der Waals surface area contributed by atoms with Gasteiger partial charge >= 0.3 is 0 Å². The van der Waals surface area contributed by atoms with Gasteiger partial charge in [-0.25, -0.2) is 4.98 Å². The van der Waals surface area contributed by atoms with Crippen LogP contribution in [-0.4, -0.2) is 11.5 Å². The van der Waals surface area contributed by atoms with Crippen molar-refractivity contribution in [3.05, 3.63) is 16.1 Å². The van der Waals surface area contributed by atoms with Crippen LogP contribution in [0.3, 0.4) is 0 Å². The third-order valence-electron chi connectivity index (χ3n) is 1.88. The molecule has 0 amide bonds. The van der Waals surface area contributed by atoms with Crippen molar-refractivity contribution in [2.75, 3.05) is 6.54 Å². The van der Waals surface area contributed by atoms with Crippen molar-refractivity contribution in [1.82, 2.24) is 10.3 Å². The van der Waals surface area contributed by atoms with Crippen molar-refractivity contribution in [1.29, 1.82) is 0 Å². The van der Waals surface area contributed by atoms with Crippen molar-refractivity contribution in [3.8, 4) is 0 Å². The molecule has 0 saturated carbocycles. The Labute approximate surface area is 78.0 Å². The highest BCUT2D eigenvalue weighted by molar-refractivity contribution is 7.09. The SMILES string of the molecule is CCNC(C)(C)c1csc(C)n1. The summed E-state index contributed by atoms with van der Waals surface area (Å²) >= 11 is 1.71. The minimum absolute atomic E-state index is 0.0134. The van der Waals surface area contributed by atoms with Crippen LogP contribution in [-0.2, 0) is 5.54 Å². The van der Waals surface area contributed by atoms with E-state index in [1.807, 2.05) is 6.92 Å². The molecule has 0 aromatic carbocycles. The molecule has 0 fully saturated rings. The molecular formula is C9H16N2S. The first-order valence-electron chi connectivity index (χ1n) is 4.24. The summed E-state index contributed by atoms with van der Waals surface area (Å²) in [5, 5.41) is 6.65. The van der Waals surface area contributed by atoms with Crippen LogP contribution >= 0.6 is 11.3 Å². The molecule has 1 aromatic heterocycles. The number of hydrogen-bond donors (Lipinski definition) is 1. The average molecular weight is 184 g/mol. The lowest BCUT2D eigenvalue weighted by molar-refractivity contribution is 0.406. The minimum Gasteiger partial charge on any atom is -0.307 e. The fourth-order valence-electron chi connectivity index (χ4n) is 1.18. The molecule has 0 radical (unpaired) electrons. The molecule has 0 atom stereocenters. The van der Waals surface area contributed by atoms with E-state index in [0.29, 0.717) is 0 Å². The highest BCUT2D eigenvalue weighted by Gasteiger charge is 2.21. The largest absolute Gasteiger partial charge is 0.307 e. The number of nitrogens with zero attached hydrogens (tertiary/aromatic N) is 1. The molecule has 0 aliphatic heterocycles. The van der Waals surface area contributed by atoms with Crippen molar-refractivity contribution in [2.45, 2.75) is 33.2 Å². The summed E-state index contributed by atoms with van der Waals surface area (Å²) in [5.41, 5.74) is 1.16. The lowest BCUT2D eigenvalue weighted by Gasteiger charge is -2.23. The van der Waals surface area contributed by atoms with Crippen LogP contribution in [0.4, 0.5) is 0 Å². The summed E-state index contributed by atoms with van der Waals surface area (Å²) < 4.78 is 0. The molecule has 1 aromatic rings. The predicted octanol–water partition coefficient (Wildman–Crippen LogP) is 2.30. The minimum atomic E-state index is 0.0134. The molecule has 2 nitrogen and oxygen atoms in total. The van der Waals surface area contributed by atoms with Gasteiger partial charge in [0.1, 0.15) is 0 Å². The number of rotatable bonds is 3. The van der Waals surface area contributed by atoms with Gasteiger partial charge in [-0.3, -0.25) is 0 Å². The molecule has 0 aliphatic carbocycles. The molecule has 1 rings (SSSR count). The van der Waals surface area contributed by atoms with Crippen molar-refractivity contribution < 1.29 is 0 Å². The second-order valence-corrected chi connectivity index (χ2v) is 4.47. The third-order valence-corrected chi connectivity index (χ3v) is 2.65. The molecular weight excluding hydrogens is 168 g/mol. The molecule has 0 aliphatic rings.